The summed E-state index contributed by atoms with van der Waals surface area (Å²) < 4.78 is 19.4. The lowest BCUT2D eigenvalue weighted by Crippen LogP contribution is -1.84. The molecule has 0 radical (unpaired) electrons. The van der Waals surface area contributed by atoms with E-state index in [2.05, 4.69) is 20.9 Å². The number of hydrogen-bond acceptors (Lipinski definition) is 3. The molecule has 0 aliphatic rings. The van der Waals surface area contributed by atoms with Crippen LogP contribution in [0.2, 0.25) is 0 Å². The van der Waals surface area contributed by atoms with Crippen LogP contribution >= 0.6 is 15.9 Å². The maximum atomic E-state index is 13.6. The Balaban J connectivity index is 2.55. The summed E-state index contributed by atoms with van der Waals surface area (Å²) in [5.74, 6) is 0.0685. The van der Waals surface area contributed by atoms with Crippen molar-refractivity contribution in [2.75, 3.05) is 0 Å². The first-order valence-electron chi connectivity index (χ1n) is 4.45. The normalized spacial score (nSPS) is 10.1. The summed E-state index contributed by atoms with van der Waals surface area (Å²) >= 11 is 3.16. The van der Waals surface area contributed by atoms with Crippen molar-refractivity contribution < 1.29 is 8.81 Å². The molecule has 0 bridgehead atoms. The first kappa shape index (κ1) is 10.8. The van der Waals surface area contributed by atoms with Gasteiger partial charge in [-0.2, -0.15) is 10.2 Å². The highest BCUT2D eigenvalue weighted by molar-refractivity contribution is 9.10. The zero-order valence-corrected chi connectivity index (χ0v) is 9.88. The van der Waals surface area contributed by atoms with Crippen LogP contribution in [-0.4, -0.2) is 4.98 Å². The second-order valence-electron chi connectivity index (χ2n) is 3.16. The Morgan fingerprint density at radius 3 is 2.81 bits per heavy atom. The van der Waals surface area contributed by atoms with Gasteiger partial charge < -0.3 is 4.42 Å². The van der Waals surface area contributed by atoms with Crippen molar-refractivity contribution in [3.8, 4) is 17.5 Å². The molecule has 2 rings (SSSR count). The van der Waals surface area contributed by atoms with E-state index in [-0.39, 0.29) is 17.1 Å². The third kappa shape index (κ3) is 1.84. The highest BCUT2D eigenvalue weighted by atomic mass is 79.9. The lowest BCUT2D eigenvalue weighted by Gasteiger charge is -1.98. The molecule has 0 aliphatic carbocycles. The maximum absolute atomic E-state index is 13.6. The number of rotatable bonds is 1. The standard InChI is InChI=1S/C11H6BrFN2O/c1-6-10(5-14)15-11(16-6)8-3-2-7(12)4-9(8)13/h2-4H,1H3. The molecule has 0 spiro atoms. The van der Waals surface area contributed by atoms with Gasteiger partial charge in [0.15, 0.2) is 5.69 Å². The molecule has 16 heavy (non-hydrogen) atoms. The number of oxazole rings is 1. The van der Waals surface area contributed by atoms with E-state index >= 15 is 0 Å². The van der Waals surface area contributed by atoms with Crippen LogP contribution in [0.1, 0.15) is 11.5 Å². The number of nitrogens with zero attached hydrogens (tertiary/aromatic N) is 2. The summed E-state index contributed by atoms with van der Waals surface area (Å²) in [6.45, 7) is 1.62. The van der Waals surface area contributed by atoms with Crippen LogP contribution in [0, 0.1) is 24.1 Å². The first-order chi connectivity index (χ1) is 7.61. The van der Waals surface area contributed by atoms with Crippen LogP contribution < -0.4 is 0 Å². The zero-order valence-electron chi connectivity index (χ0n) is 8.29. The van der Waals surface area contributed by atoms with Gasteiger partial charge in [-0.25, -0.2) is 4.39 Å². The molecule has 0 saturated carbocycles. The fourth-order valence-corrected chi connectivity index (χ4v) is 1.61. The van der Waals surface area contributed by atoms with Gasteiger partial charge in [-0.1, -0.05) is 15.9 Å². The molecule has 0 saturated heterocycles. The Morgan fingerprint density at radius 2 is 2.25 bits per heavy atom. The van der Waals surface area contributed by atoms with E-state index in [1.165, 1.54) is 6.07 Å². The molecule has 1 aromatic heterocycles. The molecule has 5 heteroatoms. The Morgan fingerprint density at radius 1 is 1.50 bits per heavy atom. The first-order valence-corrected chi connectivity index (χ1v) is 5.24. The number of benzene rings is 1. The predicted octanol–water partition coefficient (Wildman–Crippen LogP) is 3.42. The van der Waals surface area contributed by atoms with Gasteiger partial charge >= 0.3 is 0 Å². The van der Waals surface area contributed by atoms with Crippen LogP contribution in [0.4, 0.5) is 4.39 Å². The van der Waals surface area contributed by atoms with Crippen molar-refractivity contribution in [1.82, 2.24) is 4.98 Å². The van der Waals surface area contributed by atoms with Crippen molar-refractivity contribution >= 4 is 15.9 Å². The van der Waals surface area contributed by atoms with Crippen molar-refractivity contribution in [3.63, 3.8) is 0 Å². The van der Waals surface area contributed by atoms with E-state index in [0.29, 0.717) is 10.2 Å². The lowest BCUT2D eigenvalue weighted by atomic mass is 10.2. The van der Waals surface area contributed by atoms with Crippen molar-refractivity contribution in [3.05, 3.63) is 39.9 Å². The largest absolute Gasteiger partial charge is 0.440 e. The maximum Gasteiger partial charge on any atom is 0.230 e. The summed E-state index contributed by atoms with van der Waals surface area (Å²) in [5.41, 5.74) is 0.421. The summed E-state index contributed by atoms with van der Waals surface area (Å²) in [4.78, 5) is 3.91. The Bertz CT molecular complexity index is 586. The molecular weight excluding hydrogens is 275 g/mol. The number of nitriles is 1. The second kappa shape index (κ2) is 4.06. The monoisotopic (exact) mass is 280 g/mol. The molecule has 0 amide bonds. The van der Waals surface area contributed by atoms with Gasteiger partial charge in [-0.15, -0.1) is 0 Å². The quantitative estimate of drug-likeness (QED) is 0.804. The Labute approximate surface area is 99.7 Å². The molecular formula is C11H6BrFN2O. The average molecular weight is 281 g/mol. The molecule has 0 aliphatic heterocycles. The van der Waals surface area contributed by atoms with Crippen molar-refractivity contribution in [2.45, 2.75) is 6.92 Å². The summed E-state index contributed by atoms with van der Waals surface area (Å²) in [7, 11) is 0. The van der Waals surface area contributed by atoms with Crippen LogP contribution in [0.3, 0.4) is 0 Å². The highest BCUT2D eigenvalue weighted by Gasteiger charge is 2.14. The highest BCUT2D eigenvalue weighted by Crippen LogP contribution is 2.26. The number of hydrogen-bond donors (Lipinski definition) is 0. The van der Waals surface area contributed by atoms with Gasteiger partial charge in [0.25, 0.3) is 0 Å². The van der Waals surface area contributed by atoms with Crippen LogP contribution in [0.25, 0.3) is 11.5 Å². The molecule has 80 valence electrons. The van der Waals surface area contributed by atoms with Crippen molar-refractivity contribution in [1.29, 1.82) is 5.26 Å². The van der Waals surface area contributed by atoms with Gasteiger partial charge in [-0.05, 0) is 25.1 Å². The summed E-state index contributed by atoms with van der Waals surface area (Å²) in [5, 5.41) is 8.72. The third-order valence-electron chi connectivity index (χ3n) is 2.06. The second-order valence-corrected chi connectivity index (χ2v) is 4.08. The van der Waals surface area contributed by atoms with Gasteiger partial charge in [0.1, 0.15) is 17.6 Å². The number of halogens is 2. The van der Waals surface area contributed by atoms with Crippen LogP contribution in [-0.2, 0) is 0 Å². The van der Waals surface area contributed by atoms with Gasteiger partial charge in [0, 0.05) is 4.47 Å². The molecule has 1 heterocycles. The van der Waals surface area contributed by atoms with E-state index in [0.717, 1.165) is 0 Å². The Hall–Kier alpha value is -1.67. The molecule has 0 atom stereocenters. The van der Waals surface area contributed by atoms with Crippen molar-refractivity contribution in [2.24, 2.45) is 0 Å². The van der Waals surface area contributed by atoms with Gasteiger partial charge in [0.2, 0.25) is 5.89 Å². The van der Waals surface area contributed by atoms with Crippen LogP contribution in [0.15, 0.2) is 27.1 Å². The minimum Gasteiger partial charge on any atom is -0.440 e. The van der Waals surface area contributed by atoms with E-state index in [1.807, 2.05) is 6.07 Å². The molecule has 0 fully saturated rings. The van der Waals surface area contributed by atoms with E-state index in [4.69, 9.17) is 9.68 Å². The van der Waals surface area contributed by atoms with E-state index in [1.54, 1.807) is 19.1 Å². The molecule has 1 aromatic carbocycles. The van der Waals surface area contributed by atoms with Gasteiger partial charge in [0.05, 0.1) is 5.56 Å². The van der Waals surface area contributed by atoms with Crippen LogP contribution in [0.5, 0.6) is 0 Å². The summed E-state index contributed by atoms with van der Waals surface area (Å²) in [6.07, 6.45) is 0. The fourth-order valence-electron chi connectivity index (χ4n) is 1.28. The Kier molecular flexibility index (Phi) is 2.75. The molecule has 0 unspecified atom stereocenters. The average Bonchev–Trinajstić information content (AvgIpc) is 2.59. The minimum atomic E-state index is -0.444. The zero-order chi connectivity index (χ0) is 11.7. The number of aryl methyl sites for hydroxylation is 1. The van der Waals surface area contributed by atoms with Gasteiger partial charge in [-0.3, -0.25) is 0 Å². The smallest absolute Gasteiger partial charge is 0.230 e. The fraction of sp³-hybridized carbons (Fsp3) is 0.0909. The lowest BCUT2D eigenvalue weighted by molar-refractivity contribution is 0.534. The minimum absolute atomic E-state index is 0.124. The predicted molar refractivity (Wildman–Crippen MR) is 59.0 cm³/mol. The number of aromatic nitrogens is 1. The molecule has 2 aromatic rings. The topological polar surface area (TPSA) is 49.8 Å². The van der Waals surface area contributed by atoms with E-state index in [9.17, 15) is 4.39 Å². The SMILES string of the molecule is Cc1oc(-c2ccc(Br)cc2F)nc1C#N. The third-order valence-corrected chi connectivity index (χ3v) is 2.56. The molecule has 3 nitrogen and oxygen atoms in total. The van der Waals surface area contributed by atoms with E-state index < -0.39 is 5.82 Å². The molecule has 0 N–H and O–H groups in total. The summed E-state index contributed by atoms with van der Waals surface area (Å²) in [6, 6.07) is 6.43.